The van der Waals surface area contributed by atoms with E-state index in [-0.39, 0.29) is 5.38 Å². The van der Waals surface area contributed by atoms with Crippen LogP contribution < -0.4 is 5.32 Å². The van der Waals surface area contributed by atoms with E-state index in [4.69, 9.17) is 34.8 Å². The fraction of sp³-hybridized carbons (Fsp3) is 0.333. The molecule has 0 saturated heterocycles. The predicted molar refractivity (Wildman–Crippen MR) is 56.8 cm³/mol. The van der Waals surface area contributed by atoms with Crippen molar-refractivity contribution < 1.29 is 0 Å². The summed E-state index contributed by atoms with van der Waals surface area (Å²) in [5.41, 5.74) is 2.12. The van der Waals surface area contributed by atoms with Crippen LogP contribution in [0.15, 0.2) is 12.1 Å². The van der Waals surface area contributed by atoms with Crippen molar-refractivity contribution in [1.29, 1.82) is 0 Å². The number of fused-ring (bicyclic) bond motifs is 1. The molecule has 0 saturated carbocycles. The molecule has 0 amide bonds. The lowest BCUT2D eigenvalue weighted by atomic mass is 10.0. The van der Waals surface area contributed by atoms with Crippen LogP contribution >= 0.6 is 34.8 Å². The van der Waals surface area contributed by atoms with Crippen LogP contribution in [0.4, 0.5) is 0 Å². The van der Waals surface area contributed by atoms with Crippen LogP contribution in [0.2, 0.25) is 10.0 Å². The quantitative estimate of drug-likeness (QED) is 0.681. The minimum atomic E-state index is -0.0741. The van der Waals surface area contributed by atoms with Crippen molar-refractivity contribution in [2.75, 3.05) is 6.54 Å². The Morgan fingerprint density at radius 1 is 1.31 bits per heavy atom. The molecule has 1 aliphatic rings. The van der Waals surface area contributed by atoms with Crippen LogP contribution in [0, 0.1) is 0 Å². The third kappa shape index (κ3) is 1.66. The highest BCUT2D eigenvalue weighted by molar-refractivity contribution is 6.43. The van der Waals surface area contributed by atoms with Gasteiger partial charge < -0.3 is 5.32 Å². The van der Waals surface area contributed by atoms with E-state index in [9.17, 15) is 0 Å². The van der Waals surface area contributed by atoms with Gasteiger partial charge in [0.2, 0.25) is 0 Å². The van der Waals surface area contributed by atoms with Gasteiger partial charge in [-0.2, -0.15) is 0 Å². The molecule has 1 aromatic carbocycles. The van der Waals surface area contributed by atoms with Crippen molar-refractivity contribution in [1.82, 2.24) is 5.32 Å². The van der Waals surface area contributed by atoms with Gasteiger partial charge in [0.05, 0.1) is 15.4 Å². The van der Waals surface area contributed by atoms with Crippen molar-refractivity contribution in [2.24, 2.45) is 0 Å². The Balaban J connectivity index is 2.58. The number of benzene rings is 1. The van der Waals surface area contributed by atoms with Gasteiger partial charge >= 0.3 is 0 Å². The Labute approximate surface area is 92.0 Å². The maximum absolute atomic E-state index is 6.12. The van der Waals surface area contributed by atoms with E-state index in [1.807, 2.05) is 6.07 Å². The molecule has 1 atom stereocenters. The molecule has 70 valence electrons. The molecule has 0 bridgehead atoms. The zero-order chi connectivity index (χ0) is 9.42. The number of hydrogen-bond acceptors (Lipinski definition) is 1. The molecule has 1 unspecified atom stereocenters. The summed E-state index contributed by atoms with van der Waals surface area (Å²) in [4.78, 5) is 0. The molecule has 2 rings (SSSR count). The normalized spacial score (nSPS) is 21.3. The Bertz CT molecular complexity index is 338. The van der Waals surface area contributed by atoms with Crippen LogP contribution in [0.5, 0.6) is 0 Å². The third-order valence-corrected chi connectivity index (χ3v) is 3.37. The highest BCUT2D eigenvalue weighted by Gasteiger charge is 2.21. The number of alkyl halides is 1. The standard InChI is InChI=1S/C9H8Cl3N/c10-6-2-1-5-3-13-4-7(11)8(5)9(6)12/h1-2,7,13H,3-4H2. The summed E-state index contributed by atoms with van der Waals surface area (Å²) in [6.07, 6.45) is 0. The topological polar surface area (TPSA) is 12.0 Å². The highest BCUT2D eigenvalue weighted by atomic mass is 35.5. The van der Waals surface area contributed by atoms with Gasteiger partial charge in [0.1, 0.15) is 0 Å². The van der Waals surface area contributed by atoms with Crippen LogP contribution in [0.25, 0.3) is 0 Å². The summed E-state index contributed by atoms with van der Waals surface area (Å²) >= 11 is 18.1. The first kappa shape index (κ1) is 9.60. The molecule has 0 spiro atoms. The van der Waals surface area contributed by atoms with Crippen molar-refractivity contribution in [2.45, 2.75) is 11.9 Å². The van der Waals surface area contributed by atoms with Gasteiger partial charge in [-0.3, -0.25) is 0 Å². The minimum Gasteiger partial charge on any atom is -0.311 e. The summed E-state index contributed by atoms with van der Waals surface area (Å²) in [6.45, 7) is 1.56. The molecule has 1 aromatic rings. The molecule has 1 heterocycles. The second-order valence-corrected chi connectivity index (χ2v) is 4.34. The highest BCUT2D eigenvalue weighted by Crippen LogP contribution is 2.37. The van der Waals surface area contributed by atoms with Crippen LogP contribution in [-0.2, 0) is 6.54 Å². The lowest BCUT2D eigenvalue weighted by Crippen LogP contribution is -2.25. The maximum atomic E-state index is 6.12. The lowest BCUT2D eigenvalue weighted by Gasteiger charge is -2.23. The van der Waals surface area contributed by atoms with Gasteiger partial charge in [-0.05, 0) is 17.2 Å². The second kappa shape index (κ2) is 3.66. The Kier molecular flexibility index (Phi) is 2.70. The zero-order valence-corrected chi connectivity index (χ0v) is 9.05. The molecule has 0 fully saturated rings. The molecule has 0 aromatic heterocycles. The van der Waals surface area contributed by atoms with Crippen molar-refractivity contribution in [3.63, 3.8) is 0 Å². The maximum Gasteiger partial charge on any atom is 0.0728 e. The first-order valence-corrected chi connectivity index (χ1v) is 5.21. The van der Waals surface area contributed by atoms with E-state index >= 15 is 0 Å². The lowest BCUT2D eigenvalue weighted by molar-refractivity contribution is 0.630. The summed E-state index contributed by atoms with van der Waals surface area (Å²) in [6, 6.07) is 3.77. The minimum absolute atomic E-state index is 0.0741. The van der Waals surface area contributed by atoms with E-state index < -0.39 is 0 Å². The SMILES string of the molecule is Clc1ccc2c(c1Cl)C(Cl)CNC2. The van der Waals surface area contributed by atoms with Gasteiger partial charge in [-0.1, -0.05) is 29.3 Å². The van der Waals surface area contributed by atoms with E-state index in [1.165, 1.54) is 0 Å². The second-order valence-electron chi connectivity index (χ2n) is 3.03. The molecule has 1 aliphatic heterocycles. The molecular formula is C9H8Cl3N. The van der Waals surface area contributed by atoms with Crippen LogP contribution in [0.1, 0.15) is 16.5 Å². The van der Waals surface area contributed by atoms with E-state index in [0.29, 0.717) is 10.0 Å². The van der Waals surface area contributed by atoms with Crippen LogP contribution in [0.3, 0.4) is 0 Å². The molecular weight excluding hydrogens is 228 g/mol. The monoisotopic (exact) mass is 235 g/mol. The average Bonchev–Trinajstić information content (AvgIpc) is 2.12. The number of nitrogens with one attached hydrogen (secondary N) is 1. The van der Waals surface area contributed by atoms with Gasteiger partial charge in [0.25, 0.3) is 0 Å². The van der Waals surface area contributed by atoms with Gasteiger partial charge in [-0.15, -0.1) is 11.6 Å². The molecule has 13 heavy (non-hydrogen) atoms. The van der Waals surface area contributed by atoms with Gasteiger partial charge in [0, 0.05) is 13.1 Å². The van der Waals surface area contributed by atoms with E-state index in [0.717, 1.165) is 24.2 Å². The molecule has 4 heteroatoms. The summed E-state index contributed by atoms with van der Waals surface area (Å²) in [5, 5.41) is 4.30. The summed E-state index contributed by atoms with van der Waals surface area (Å²) in [5.74, 6) is 0. The molecule has 0 radical (unpaired) electrons. The van der Waals surface area contributed by atoms with Crippen molar-refractivity contribution >= 4 is 34.8 Å². The number of halogens is 3. The van der Waals surface area contributed by atoms with Crippen molar-refractivity contribution in [3.8, 4) is 0 Å². The summed E-state index contributed by atoms with van der Waals surface area (Å²) < 4.78 is 0. The predicted octanol–water partition coefficient (Wildman–Crippen LogP) is 3.38. The largest absolute Gasteiger partial charge is 0.311 e. The van der Waals surface area contributed by atoms with E-state index in [1.54, 1.807) is 6.07 Å². The molecule has 1 nitrogen and oxygen atoms in total. The molecule has 0 aliphatic carbocycles. The Morgan fingerprint density at radius 2 is 2.08 bits per heavy atom. The smallest absolute Gasteiger partial charge is 0.0728 e. The fourth-order valence-corrected chi connectivity index (χ4v) is 2.43. The fourth-order valence-electron chi connectivity index (χ4n) is 1.53. The van der Waals surface area contributed by atoms with Gasteiger partial charge in [-0.25, -0.2) is 0 Å². The van der Waals surface area contributed by atoms with E-state index in [2.05, 4.69) is 5.32 Å². The Hall–Kier alpha value is 0.0500. The molecule has 1 N–H and O–H groups in total. The van der Waals surface area contributed by atoms with Crippen LogP contribution in [-0.4, -0.2) is 6.54 Å². The average molecular weight is 237 g/mol. The first-order chi connectivity index (χ1) is 6.20. The zero-order valence-electron chi connectivity index (χ0n) is 6.78. The number of rotatable bonds is 0. The number of hydrogen-bond donors (Lipinski definition) is 1. The Morgan fingerprint density at radius 3 is 2.85 bits per heavy atom. The third-order valence-electron chi connectivity index (χ3n) is 2.18. The summed E-state index contributed by atoms with van der Waals surface area (Å²) in [7, 11) is 0. The first-order valence-electron chi connectivity index (χ1n) is 4.01. The van der Waals surface area contributed by atoms with Crippen molar-refractivity contribution in [3.05, 3.63) is 33.3 Å². The van der Waals surface area contributed by atoms with Gasteiger partial charge in [0.15, 0.2) is 0 Å².